The van der Waals surface area contributed by atoms with Crippen LogP contribution < -0.4 is 5.32 Å². The molecule has 2 saturated heterocycles. The van der Waals surface area contributed by atoms with Crippen molar-refractivity contribution in [3.63, 3.8) is 0 Å². The predicted octanol–water partition coefficient (Wildman–Crippen LogP) is 3.18. The molecule has 0 aliphatic carbocycles. The van der Waals surface area contributed by atoms with Gasteiger partial charge in [0.15, 0.2) is 17.2 Å². The van der Waals surface area contributed by atoms with E-state index in [4.69, 9.17) is 4.74 Å². The number of epoxide rings is 1. The zero-order valence-corrected chi connectivity index (χ0v) is 24.8. The van der Waals surface area contributed by atoms with E-state index < -0.39 is 36.1 Å². The Labute approximate surface area is 247 Å². The third-order valence-electron chi connectivity index (χ3n) is 8.29. The largest absolute Gasteiger partial charge is 0.393 e. The molecule has 0 aromatic heterocycles. The molecule has 2 aliphatic rings. The van der Waals surface area contributed by atoms with E-state index in [1.54, 1.807) is 4.90 Å². The van der Waals surface area contributed by atoms with Crippen LogP contribution in [0.1, 0.15) is 64.9 Å². The summed E-state index contributed by atoms with van der Waals surface area (Å²) < 4.78 is 5.29. The summed E-state index contributed by atoms with van der Waals surface area (Å²) in [5.74, 6) is -1.98. The van der Waals surface area contributed by atoms with Crippen LogP contribution in [-0.2, 0) is 35.1 Å². The number of aliphatic hydroxyl groups excluding tert-OH is 1. The number of benzene rings is 2. The summed E-state index contributed by atoms with van der Waals surface area (Å²) in [5, 5.41) is 14.7. The van der Waals surface area contributed by atoms with Gasteiger partial charge in [-0.1, -0.05) is 56.3 Å². The fourth-order valence-electron chi connectivity index (χ4n) is 5.82. The predicted molar refractivity (Wildman–Crippen MR) is 158 cm³/mol. The lowest BCUT2D eigenvalue weighted by molar-refractivity contribution is -0.140. The summed E-state index contributed by atoms with van der Waals surface area (Å²) in [6.07, 6.45) is 1.94. The third-order valence-corrected chi connectivity index (χ3v) is 8.29. The molecular formula is C33H42N2O7. The molecule has 0 bridgehead atoms. The smallest absolute Gasteiger partial charge is 0.224 e. The Kier molecular flexibility index (Phi) is 10.3. The Hall–Kier alpha value is -3.43. The molecule has 4 atom stereocenters. The van der Waals surface area contributed by atoms with Crippen molar-refractivity contribution in [2.75, 3.05) is 19.8 Å². The normalized spacial score (nSPS) is 21.3. The minimum atomic E-state index is -1.28. The molecule has 2 amide bonds. The zero-order chi connectivity index (χ0) is 30.4. The molecule has 0 spiro atoms. The van der Waals surface area contributed by atoms with Crippen LogP contribution in [0.25, 0.3) is 10.8 Å². The van der Waals surface area contributed by atoms with Crippen molar-refractivity contribution in [2.24, 2.45) is 11.8 Å². The number of rotatable bonds is 15. The first-order valence-electron chi connectivity index (χ1n) is 14.9. The molecule has 9 heteroatoms. The lowest BCUT2D eigenvalue weighted by Gasteiger charge is -2.27. The van der Waals surface area contributed by atoms with Gasteiger partial charge >= 0.3 is 0 Å². The van der Waals surface area contributed by atoms with Gasteiger partial charge in [-0.2, -0.15) is 0 Å². The first-order chi connectivity index (χ1) is 20.0. The van der Waals surface area contributed by atoms with Gasteiger partial charge in [-0.05, 0) is 54.9 Å². The molecule has 0 unspecified atom stereocenters. The van der Waals surface area contributed by atoms with Gasteiger partial charge < -0.3 is 24.9 Å². The van der Waals surface area contributed by atoms with Crippen LogP contribution in [0.5, 0.6) is 0 Å². The first-order valence-corrected chi connectivity index (χ1v) is 14.9. The third kappa shape index (κ3) is 7.69. The molecule has 2 aliphatic heterocycles. The highest BCUT2D eigenvalue weighted by Gasteiger charge is 2.54. The van der Waals surface area contributed by atoms with Gasteiger partial charge in [-0.25, -0.2) is 0 Å². The zero-order valence-electron chi connectivity index (χ0n) is 24.8. The summed E-state index contributed by atoms with van der Waals surface area (Å²) in [6.45, 7) is 5.43. The second-order valence-electron chi connectivity index (χ2n) is 12.2. The summed E-state index contributed by atoms with van der Waals surface area (Å²) in [7, 11) is 0. The van der Waals surface area contributed by atoms with Crippen molar-refractivity contribution in [2.45, 2.75) is 83.4 Å². The van der Waals surface area contributed by atoms with Gasteiger partial charge in [0.1, 0.15) is 5.78 Å². The minimum absolute atomic E-state index is 0.0633. The van der Waals surface area contributed by atoms with E-state index in [1.165, 1.54) is 6.92 Å². The number of Topliss-reactive ketones (excluding diaryl/α,β-unsaturated/α-hetero) is 3. The molecule has 2 N–H and O–H groups in total. The van der Waals surface area contributed by atoms with E-state index in [0.29, 0.717) is 25.8 Å². The maximum atomic E-state index is 13.8. The van der Waals surface area contributed by atoms with Crippen molar-refractivity contribution in [1.29, 1.82) is 0 Å². The Balaban J connectivity index is 1.56. The van der Waals surface area contributed by atoms with Gasteiger partial charge in [0, 0.05) is 31.7 Å². The molecule has 2 aromatic rings. The minimum Gasteiger partial charge on any atom is -0.393 e. The molecule has 2 heterocycles. The van der Waals surface area contributed by atoms with Crippen LogP contribution >= 0.6 is 0 Å². The Bertz CT molecular complexity index is 1330. The molecular weight excluding hydrogens is 536 g/mol. The summed E-state index contributed by atoms with van der Waals surface area (Å²) in [4.78, 5) is 66.6. The number of amides is 2. The molecule has 42 heavy (non-hydrogen) atoms. The number of hydrogen-bond donors (Lipinski definition) is 2. The van der Waals surface area contributed by atoms with E-state index in [2.05, 4.69) is 5.32 Å². The van der Waals surface area contributed by atoms with Crippen molar-refractivity contribution in [3.05, 3.63) is 48.0 Å². The maximum absolute atomic E-state index is 13.8. The topological polar surface area (TPSA) is 133 Å². The molecule has 226 valence electrons. The fourth-order valence-corrected chi connectivity index (χ4v) is 5.82. The molecule has 2 aromatic carbocycles. The molecule has 2 fully saturated rings. The highest BCUT2D eigenvalue weighted by Crippen LogP contribution is 2.31. The van der Waals surface area contributed by atoms with Crippen LogP contribution in [0.4, 0.5) is 0 Å². The average molecular weight is 579 g/mol. The van der Waals surface area contributed by atoms with E-state index in [0.717, 1.165) is 16.3 Å². The number of hydrogen-bond acceptors (Lipinski definition) is 7. The fraction of sp³-hybridized carbons (Fsp3) is 0.545. The average Bonchev–Trinajstić information content (AvgIpc) is 3.61. The van der Waals surface area contributed by atoms with Crippen LogP contribution in [0.15, 0.2) is 42.5 Å². The van der Waals surface area contributed by atoms with Crippen molar-refractivity contribution >= 4 is 39.9 Å². The Morgan fingerprint density at radius 3 is 2.43 bits per heavy atom. The Morgan fingerprint density at radius 2 is 1.79 bits per heavy atom. The number of nitrogens with zero attached hydrogens (tertiary/aromatic N) is 1. The number of fused-ring (bicyclic) bond motifs is 1. The van der Waals surface area contributed by atoms with E-state index in [9.17, 15) is 29.1 Å². The van der Waals surface area contributed by atoms with Crippen LogP contribution in [0.3, 0.4) is 0 Å². The van der Waals surface area contributed by atoms with Crippen LogP contribution in [-0.4, -0.2) is 76.6 Å². The lowest BCUT2D eigenvalue weighted by Crippen LogP contribution is -2.51. The molecule has 0 saturated carbocycles. The van der Waals surface area contributed by atoms with Crippen LogP contribution in [0, 0.1) is 11.8 Å². The highest BCUT2D eigenvalue weighted by atomic mass is 16.6. The SMILES string of the molecule is CC(=O)CCC(=O)N1CCC[C@H]1C(=O)C[C@@H](Cc1ccc2ccccc2c1)C(=O)N[C@@H](CC(C)C)C(=O)[C@@]1(CO)CO1. The summed E-state index contributed by atoms with van der Waals surface area (Å²) in [6, 6.07) is 12.3. The van der Waals surface area contributed by atoms with E-state index in [1.807, 2.05) is 56.3 Å². The van der Waals surface area contributed by atoms with Gasteiger partial charge in [0.05, 0.1) is 25.3 Å². The maximum Gasteiger partial charge on any atom is 0.224 e. The first kappa shape index (κ1) is 31.5. The summed E-state index contributed by atoms with van der Waals surface area (Å²) in [5.41, 5.74) is -0.396. The number of aliphatic hydroxyl groups is 1. The second-order valence-corrected chi connectivity index (χ2v) is 12.2. The van der Waals surface area contributed by atoms with Gasteiger partial charge in [-0.15, -0.1) is 0 Å². The van der Waals surface area contributed by atoms with E-state index in [-0.39, 0.29) is 61.5 Å². The highest BCUT2D eigenvalue weighted by molar-refractivity contribution is 5.98. The number of nitrogens with one attached hydrogen (secondary N) is 1. The van der Waals surface area contributed by atoms with E-state index >= 15 is 0 Å². The number of likely N-dealkylation sites (tertiary alicyclic amines) is 1. The number of carbonyl (C=O) groups is 5. The second kappa shape index (κ2) is 13.7. The number of carbonyl (C=O) groups excluding carboxylic acids is 5. The van der Waals surface area contributed by atoms with Gasteiger partial charge in [-0.3, -0.25) is 19.2 Å². The van der Waals surface area contributed by atoms with Crippen LogP contribution in [0.2, 0.25) is 0 Å². The summed E-state index contributed by atoms with van der Waals surface area (Å²) >= 11 is 0. The monoisotopic (exact) mass is 578 g/mol. The quantitative estimate of drug-likeness (QED) is 0.310. The van der Waals surface area contributed by atoms with Gasteiger partial charge in [0.25, 0.3) is 0 Å². The lowest BCUT2D eigenvalue weighted by atomic mass is 9.88. The van der Waals surface area contributed by atoms with Crippen molar-refractivity contribution < 1.29 is 33.8 Å². The molecule has 0 radical (unpaired) electrons. The number of ketones is 3. The van der Waals surface area contributed by atoms with Crippen molar-refractivity contribution in [3.8, 4) is 0 Å². The standard InChI is InChI=1S/C33H42N2O7/c1-21(2)15-27(31(40)33(19-36)20-42-33)34-32(41)26(17-23-11-12-24-7-4-5-8-25(24)16-23)18-29(38)28-9-6-14-35(28)30(39)13-10-22(3)37/h4-5,7-8,11-12,16,21,26-28,36H,6,9-10,13-15,17-20H2,1-3H3,(H,34,41)/t26-,27+,28+,33-/m1/s1. The molecule has 9 nitrogen and oxygen atoms in total. The Morgan fingerprint density at radius 1 is 1.07 bits per heavy atom. The van der Waals surface area contributed by atoms with Gasteiger partial charge in [0.2, 0.25) is 11.8 Å². The van der Waals surface area contributed by atoms with Crippen molar-refractivity contribution in [1.82, 2.24) is 10.2 Å². The molecule has 4 rings (SSSR count). The number of ether oxygens (including phenoxy) is 1.